The SMILES string of the molecule is CCN1CCN(C(=O)C2CCCCN2C(=O)c2cc3n(n2)CCCN(Cc2ccccc2)C3=O)CC1. The standard InChI is InChI=1S/C27H36N6O3/c1-2-29-15-17-30(18-16-29)26(35)23-11-6-7-13-32(23)25(34)22-19-24-27(36)31(12-8-14-33(24)28-22)20-21-9-4-3-5-10-21/h3-5,9-10,19,23H,2,6-8,11-18,20H2,1H3. The number of nitrogens with zero attached hydrogens (tertiary/aromatic N) is 6. The van der Waals surface area contributed by atoms with Crippen LogP contribution in [-0.4, -0.2) is 99.0 Å². The quantitative estimate of drug-likeness (QED) is 0.639. The Hall–Kier alpha value is -3.20. The van der Waals surface area contributed by atoms with Gasteiger partial charge in [0.25, 0.3) is 11.8 Å². The normalized spacial score (nSPS) is 21.3. The molecule has 0 bridgehead atoms. The maximum Gasteiger partial charge on any atom is 0.275 e. The fourth-order valence-corrected chi connectivity index (χ4v) is 5.57. The first-order valence-electron chi connectivity index (χ1n) is 13.3. The van der Waals surface area contributed by atoms with Gasteiger partial charge >= 0.3 is 0 Å². The lowest BCUT2D eigenvalue weighted by Crippen LogP contribution is -2.57. The number of piperazine rings is 1. The van der Waals surface area contributed by atoms with Gasteiger partial charge in [-0.3, -0.25) is 19.1 Å². The van der Waals surface area contributed by atoms with E-state index in [4.69, 9.17) is 0 Å². The molecular weight excluding hydrogens is 456 g/mol. The number of aromatic nitrogens is 2. The zero-order chi connectivity index (χ0) is 25.1. The predicted octanol–water partition coefficient (Wildman–Crippen LogP) is 2.09. The molecule has 1 aromatic heterocycles. The van der Waals surface area contributed by atoms with E-state index < -0.39 is 6.04 Å². The molecule has 2 saturated heterocycles. The molecule has 2 aromatic rings. The third-order valence-electron chi connectivity index (χ3n) is 7.70. The molecule has 1 atom stereocenters. The molecule has 4 heterocycles. The number of likely N-dealkylation sites (N-methyl/N-ethyl adjacent to an activating group) is 1. The topological polar surface area (TPSA) is 82.0 Å². The van der Waals surface area contributed by atoms with Crippen LogP contribution in [0.5, 0.6) is 0 Å². The van der Waals surface area contributed by atoms with Crippen molar-refractivity contribution in [2.45, 2.75) is 51.7 Å². The first-order chi connectivity index (χ1) is 17.5. The van der Waals surface area contributed by atoms with Gasteiger partial charge in [-0.1, -0.05) is 37.3 Å². The zero-order valence-electron chi connectivity index (χ0n) is 21.1. The molecule has 5 rings (SSSR count). The molecule has 3 aliphatic heterocycles. The highest BCUT2D eigenvalue weighted by Crippen LogP contribution is 2.24. The van der Waals surface area contributed by atoms with Gasteiger partial charge in [0, 0.05) is 58.4 Å². The van der Waals surface area contributed by atoms with Crippen LogP contribution >= 0.6 is 0 Å². The van der Waals surface area contributed by atoms with Crippen LogP contribution in [0.15, 0.2) is 36.4 Å². The highest BCUT2D eigenvalue weighted by Gasteiger charge is 2.37. The molecule has 0 N–H and O–H groups in total. The number of piperidine rings is 1. The summed E-state index contributed by atoms with van der Waals surface area (Å²) in [6.07, 6.45) is 3.25. The van der Waals surface area contributed by atoms with Gasteiger partial charge in [0.2, 0.25) is 5.91 Å². The first-order valence-corrected chi connectivity index (χ1v) is 13.3. The Morgan fingerprint density at radius 3 is 2.47 bits per heavy atom. The smallest absolute Gasteiger partial charge is 0.275 e. The number of hydrogen-bond acceptors (Lipinski definition) is 5. The Kier molecular flexibility index (Phi) is 7.36. The van der Waals surface area contributed by atoms with Crippen LogP contribution in [0, 0.1) is 0 Å². The molecule has 9 nitrogen and oxygen atoms in total. The minimum Gasteiger partial charge on any atom is -0.338 e. The van der Waals surface area contributed by atoms with Crippen LogP contribution in [0.3, 0.4) is 0 Å². The molecule has 36 heavy (non-hydrogen) atoms. The number of carbonyl (C=O) groups is 3. The summed E-state index contributed by atoms with van der Waals surface area (Å²) in [4.78, 5) is 48.2. The Morgan fingerprint density at radius 2 is 1.72 bits per heavy atom. The number of likely N-dealkylation sites (tertiary alicyclic amines) is 1. The third-order valence-corrected chi connectivity index (χ3v) is 7.70. The number of aryl methyl sites for hydroxylation is 1. The second-order valence-corrected chi connectivity index (χ2v) is 9.97. The molecule has 0 radical (unpaired) electrons. The predicted molar refractivity (Wildman–Crippen MR) is 135 cm³/mol. The Labute approximate surface area is 212 Å². The van der Waals surface area contributed by atoms with Crippen molar-refractivity contribution >= 4 is 17.7 Å². The summed E-state index contributed by atoms with van der Waals surface area (Å²) in [6.45, 7) is 8.59. The van der Waals surface area contributed by atoms with Crippen LogP contribution in [-0.2, 0) is 17.9 Å². The van der Waals surface area contributed by atoms with Gasteiger partial charge < -0.3 is 19.6 Å². The molecular formula is C27H36N6O3. The van der Waals surface area contributed by atoms with E-state index in [1.165, 1.54) is 0 Å². The van der Waals surface area contributed by atoms with Crippen molar-refractivity contribution in [1.29, 1.82) is 0 Å². The summed E-state index contributed by atoms with van der Waals surface area (Å²) in [5.41, 5.74) is 1.78. The lowest BCUT2D eigenvalue weighted by Gasteiger charge is -2.40. The lowest BCUT2D eigenvalue weighted by atomic mass is 10.00. The monoisotopic (exact) mass is 492 g/mol. The van der Waals surface area contributed by atoms with Crippen LogP contribution in [0.4, 0.5) is 0 Å². The fourth-order valence-electron chi connectivity index (χ4n) is 5.57. The molecule has 1 aromatic carbocycles. The summed E-state index contributed by atoms with van der Waals surface area (Å²) in [5, 5.41) is 4.55. The molecule has 2 fully saturated rings. The van der Waals surface area contributed by atoms with Crippen molar-refractivity contribution in [2.75, 3.05) is 45.8 Å². The van der Waals surface area contributed by atoms with Crippen molar-refractivity contribution in [2.24, 2.45) is 0 Å². The van der Waals surface area contributed by atoms with Crippen molar-refractivity contribution in [3.05, 3.63) is 53.3 Å². The minimum absolute atomic E-state index is 0.0460. The molecule has 1 unspecified atom stereocenters. The Balaban J connectivity index is 1.31. The van der Waals surface area contributed by atoms with E-state index in [-0.39, 0.29) is 23.4 Å². The van der Waals surface area contributed by atoms with Crippen molar-refractivity contribution in [1.82, 2.24) is 29.4 Å². The Morgan fingerprint density at radius 1 is 0.944 bits per heavy atom. The van der Waals surface area contributed by atoms with E-state index in [1.807, 2.05) is 40.1 Å². The lowest BCUT2D eigenvalue weighted by molar-refractivity contribution is -0.139. The molecule has 3 aliphatic rings. The van der Waals surface area contributed by atoms with Gasteiger partial charge in [0.15, 0.2) is 5.69 Å². The van der Waals surface area contributed by atoms with E-state index >= 15 is 0 Å². The van der Waals surface area contributed by atoms with Crippen molar-refractivity contribution in [3.8, 4) is 0 Å². The molecule has 192 valence electrons. The maximum absolute atomic E-state index is 13.6. The second-order valence-electron chi connectivity index (χ2n) is 9.97. The molecule has 0 aliphatic carbocycles. The van der Waals surface area contributed by atoms with E-state index in [0.717, 1.165) is 44.5 Å². The van der Waals surface area contributed by atoms with Gasteiger partial charge in [-0.25, -0.2) is 0 Å². The van der Waals surface area contributed by atoms with Crippen LogP contribution < -0.4 is 0 Å². The second kappa shape index (κ2) is 10.8. The van der Waals surface area contributed by atoms with Crippen molar-refractivity contribution < 1.29 is 14.4 Å². The number of rotatable bonds is 5. The van der Waals surface area contributed by atoms with Gasteiger partial charge in [-0.2, -0.15) is 5.10 Å². The molecule has 3 amide bonds. The maximum atomic E-state index is 13.6. The highest BCUT2D eigenvalue weighted by atomic mass is 16.2. The number of hydrogen-bond donors (Lipinski definition) is 0. The highest BCUT2D eigenvalue weighted by molar-refractivity contribution is 5.99. The Bertz CT molecular complexity index is 1090. The van der Waals surface area contributed by atoms with Crippen molar-refractivity contribution in [3.63, 3.8) is 0 Å². The average Bonchev–Trinajstić information content (AvgIpc) is 3.30. The van der Waals surface area contributed by atoms with Gasteiger partial charge in [0.05, 0.1) is 0 Å². The summed E-state index contributed by atoms with van der Waals surface area (Å²) in [6, 6.07) is 11.1. The summed E-state index contributed by atoms with van der Waals surface area (Å²) in [5.74, 6) is -0.309. The van der Waals surface area contributed by atoms with Gasteiger partial charge in [-0.05, 0) is 37.8 Å². The largest absolute Gasteiger partial charge is 0.338 e. The van der Waals surface area contributed by atoms with E-state index in [9.17, 15) is 14.4 Å². The third kappa shape index (κ3) is 5.02. The summed E-state index contributed by atoms with van der Waals surface area (Å²) < 4.78 is 1.67. The summed E-state index contributed by atoms with van der Waals surface area (Å²) in [7, 11) is 0. The molecule has 9 heteroatoms. The van der Waals surface area contributed by atoms with Crippen LogP contribution in [0.1, 0.15) is 59.1 Å². The number of carbonyl (C=O) groups excluding carboxylic acids is 3. The van der Waals surface area contributed by atoms with E-state index in [1.54, 1.807) is 15.6 Å². The minimum atomic E-state index is -0.453. The fraction of sp³-hybridized carbons (Fsp3) is 0.556. The zero-order valence-corrected chi connectivity index (χ0v) is 21.1. The molecule has 0 spiro atoms. The van der Waals surface area contributed by atoms with E-state index in [0.29, 0.717) is 51.4 Å². The number of amides is 3. The van der Waals surface area contributed by atoms with Crippen LogP contribution in [0.25, 0.3) is 0 Å². The summed E-state index contributed by atoms with van der Waals surface area (Å²) >= 11 is 0. The van der Waals surface area contributed by atoms with Gasteiger partial charge in [0.1, 0.15) is 11.7 Å². The molecule has 0 saturated carbocycles. The van der Waals surface area contributed by atoms with Crippen LogP contribution in [0.2, 0.25) is 0 Å². The van der Waals surface area contributed by atoms with E-state index in [2.05, 4.69) is 16.9 Å². The number of fused-ring (bicyclic) bond motifs is 1. The van der Waals surface area contributed by atoms with Gasteiger partial charge in [-0.15, -0.1) is 0 Å². The average molecular weight is 493 g/mol. The number of benzene rings is 1. The first kappa shape index (κ1) is 24.5.